The van der Waals surface area contributed by atoms with Gasteiger partial charge in [0.25, 0.3) is 0 Å². The largest absolute Gasteiger partial charge is 0.346 e. The van der Waals surface area contributed by atoms with E-state index in [2.05, 4.69) is 44.6 Å². The van der Waals surface area contributed by atoms with Gasteiger partial charge in [0.2, 0.25) is 0 Å². The molecule has 2 amide bonds. The Kier molecular flexibility index (Phi) is 6.03. The summed E-state index contributed by atoms with van der Waals surface area (Å²) in [5, 5.41) is 6.88. The molecule has 3 N–H and O–H groups in total. The fourth-order valence-electron chi connectivity index (χ4n) is 3.43. The Hall–Kier alpha value is -3.67. The summed E-state index contributed by atoms with van der Waals surface area (Å²) in [4.78, 5) is 24.0. The zero-order valence-corrected chi connectivity index (χ0v) is 17.0. The summed E-state index contributed by atoms with van der Waals surface area (Å²) >= 11 is 0. The van der Waals surface area contributed by atoms with E-state index < -0.39 is 0 Å². The molecule has 4 rings (SSSR count). The minimum absolute atomic E-state index is 0.169. The Morgan fingerprint density at radius 2 is 2.03 bits per heavy atom. The van der Waals surface area contributed by atoms with Gasteiger partial charge in [-0.25, -0.2) is 9.78 Å². The Morgan fingerprint density at radius 3 is 2.87 bits per heavy atom. The van der Waals surface area contributed by atoms with Crippen molar-refractivity contribution in [3.05, 3.63) is 78.4 Å². The van der Waals surface area contributed by atoms with E-state index in [0.717, 1.165) is 58.2 Å². The molecular weight excluding hydrogens is 374 g/mol. The lowest BCUT2D eigenvalue weighted by Crippen LogP contribution is -2.29. The highest BCUT2D eigenvalue weighted by Crippen LogP contribution is 2.26. The number of rotatable bonds is 7. The first-order chi connectivity index (χ1) is 14.7. The summed E-state index contributed by atoms with van der Waals surface area (Å²) in [6.07, 6.45) is 10.2. The number of anilines is 1. The number of hydrogen-bond acceptors (Lipinski definition) is 3. The van der Waals surface area contributed by atoms with Crippen LogP contribution in [0.2, 0.25) is 0 Å². The third kappa shape index (κ3) is 4.66. The average molecular weight is 399 g/mol. The second-order valence-corrected chi connectivity index (χ2v) is 7.29. The van der Waals surface area contributed by atoms with Crippen molar-refractivity contribution in [3.63, 3.8) is 0 Å². The minimum Gasteiger partial charge on any atom is -0.346 e. The Bertz CT molecular complexity index is 1140. The number of unbranched alkanes of at least 4 members (excludes halogenated alkanes) is 1. The number of H-pyrrole nitrogens is 1. The molecule has 0 radical (unpaired) electrons. The molecule has 0 atom stereocenters. The predicted molar refractivity (Wildman–Crippen MR) is 121 cm³/mol. The van der Waals surface area contributed by atoms with Crippen LogP contribution in [0.4, 0.5) is 10.5 Å². The third-order valence-corrected chi connectivity index (χ3v) is 5.01. The fourth-order valence-corrected chi connectivity index (χ4v) is 3.43. The number of carbonyl (C=O) groups is 1. The van der Waals surface area contributed by atoms with Gasteiger partial charge in [-0.2, -0.15) is 0 Å². The van der Waals surface area contributed by atoms with Gasteiger partial charge >= 0.3 is 6.03 Å². The molecule has 6 nitrogen and oxygen atoms in total. The van der Waals surface area contributed by atoms with Crippen molar-refractivity contribution in [1.82, 2.24) is 20.3 Å². The molecule has 0 saturated carbocycles. The molecule has 0 aliphatic rings. The molecule has 4 aromatic rings. The second kappa shape index (κ2) is 9.22. The third-order valence-electron chi connectivity index (χ3n) is 5.01. The molecule has 6 heteroatoms. The highest BCUT2D eigenvalue weighted by atomic mass is 16.2. The number of fused-ring (bicyclic) bond motifs is 1. The minimum atomic E-state index is -0.169. The number of nitrogens with zero attached hydrogens (tertiary/aromatic N) is 2. The van der Waals surface area contributed by atoms with Crippen LogP contribution < -0.4 is 10.6 Å². The molecule has 0 unspecified atom stereocenters. The molecule has 152 valence electrons. The number of carbonyl (C=O) groups excluding carboxylic acids is 1. The number of nitrogens with one attached hydrogen (secondary N) is 3. The second-order valence-electron chi connectivity index (χ2n) is 7.29. The molecule has 30 heavy (non-hydrogen) atoms. The lowest BCUT2D eigenvalue weighted by molar-refractivity contribution is 0.252. The van der Waals surface area contributed by atoms with Gasteiger partial charge in [0.15, 0.2) is 0 Å². The molecule has 0 fully saturated rings. The standard InChI is InChI=1S/C24H25N5O/c1-2-3-10-26-24(30)29-21-8-4-6-17(12-21)11-20-16-28-23-22(20)13-19(15-27-23)18-7-5-9-25-14-18/h4-9,12-16H,2-3,10-11H2,1H3,(H,27,28)(H2,26,29,30). The Balaban J connectivity index is 1.52. The van der Waals surface area contributed by atoms with E-state index in [1.807, 2.05) is 48.9 Å². The van der Waals surface area contributed by atoms with Gasteiger partial charge in [0, 0.05) is 53.5 Å². The maximum Gasteiger partial charge on any atom is 0.319 e. The van der Waals surface area contributed by atoms with Crippen LogP contribution in [0, 0.1) is 0 Å². The van der Waals surface area contributed by atoms with Crippen LogP contribution in [0.3, 0.4) is 0 Å². The van der Waals surface area contributed by atoms with Crippen molar-refractivity contribution in [2.75, 3.05) is 11.9 Å². The van der Waals surface area contributed by atoms with Crippen LogP contribution >= 0.6 is 0 Å². The number of benzene rings is 1. The summed E-state index contributed by atoms with van der Waals surface area (Å²) in [7, 11) is 0. The predicted octanol–water partition coefficient (Wildman–Crippen LogP) is 5.14. The first kappa shape index (κ1) is 19.6. The molecule has 0 bridgehead atoms. The van der Waals surface area contributed by atoms with E-state index in [1.54, 1.807) is 6.20 Å². The van der Waals surface area contributed by atoms with Gasteiger partial charge in [0.05, 0.1) is 0 Å². The van der Waals surface area contributed by atoms with Gasteiger partial charge in [0.1, 0.15) is 5.65 Å². The van der Waals surface area contributed by atoms with Gasteiger partial charge in [-0.1, -0.05) is 31.5 Å². The first-order valence-corrected chi connectivity index (χ1v) is 10.2. The zero-order valence-electron chi connectivity index (χ0n) is 17.0. The van der Waals surface area contributed by atoms with Crippen LogP contribution in [0.25, 0.3) is 22.2 Å². The van der Waals surface area contributed by atoms with E-state index in [9.17, 15) is 4.79 Å². The first-order valence-electron chi connectivity index (χ1n) is 10.2. The Morgan fingerprint density at radius 1 is 1.10 bits per heavy atom. The highest BCUT2D eigenvalue weighted by molar-refractivity contribution is 5.89. The lowest BCUT2D eigenvalue weighted by atomic mass is 10.0. The topological polar surface area (TPSA) is 82.7 Å². The van der Waals surface area contributed by atoms with E-state index in [0.29, 0.717) is 6.54 Å². The van der Waals surface area contributed by atoms with E-state index in [1.165, 1.54) is 0 Å². The summed E-state index contributed by atoms with van der Waals surface area (Å²) in [5.74, 6) is 0. The maximum absolute atomic E-state index is 12.0. The SMILES string of the molecule is CCCCNC(=O)Nc1cccc(Cc2c[nH]c3ncc(-c4cccnc4)cc23)c1. The molecule has 1 aromatic carbocycles. The normalized spacial score (nSPS) is 10.8. The van der Waals surface area contributed by atoms with Crippen LogP contribution in [0.15, 0.2) is 67.3 Å². The smallest absolute Gasteiger partial charge is 0.319 e. The number of aromatic amines is 1. The van der Waals surface area contributed by atoms with E-state index in [-0.39, 0.29) is 6.03 Å². The van der Waals surface area contributed by atoms with Crippen LogP contribution in [-0.2, 0) is 6.42 Å². The van der Waals surface area contributed by atoms with Crippen molar-refractivity contribution in [3.8, 4) is 11.1 Å². The van der Waals surface area contributed by atoms with Crippen molar-refractivity contribution >= 4 is 22.8 Å². The molecule has 0 spiro atoms. The van der Waals surface area contributed by atoms with Crippen molar-refractivity contribution in [1.29, 1.82) is 0 Å². The summed E-state index contributed by atoms with van der Waals surface area (Å²) < 4.78 is 0. The van der Waals surface area contributed by atoms with Crippen molar-refractivity contribution in [2.24, 2.45) is 0 Å². The highest BCUT2D eigenvalue weighted by Gasteiger charge is 2.09. The summed E-state index contributed by atoms with van der Waals surface area (Å²) in [6, 6.07) is 13.9. The van der Waals surface area contributed by atoms with Crippen LogP contribution in [0.5, 0.6) is 0 Å². The van der Waals surface area contributed by atoms with Gasteiger partial charge < -0.3 is 15.6 Å². The van der Waals surface area contributed by atoms with Crippen molar-refractivity contribution < 1.29 is 4.79 Å². The van der Waals surface area contributed by atoms with Gasteiger partial charge in [-0.05, 0) is 48.2 Å². The molecular formula is C24H25N5O. The van der Waals surface area contributed by atoms with E-state index in [4.69, 9.17) is 0 Å². The number of hydrogen-bond donors (Lipinski definition) is 3. The number of aromatic nitrogens is 3. The molecule has 0 aliphatic heterocycles. The average Bonchev–Trinajstić information content (AvgIpc) is 3.17. The summed E-state index contributed by atoms with van der Waals surface area (Å²) in [6.45, 7) is 2.78. The number of pyridine rings is 2. The lowest BCUT2D eigenvalue weighted by Gasteiger charge is -2.09. The van der Waals surface area contributed by atoms with Crippen LogP contribution in [-0.4, -0.2) is 27.5 Å². The van der Waals surface area contributed by atoms with Crippen molar-refractivity contribution in [2.45, 2.75) is 26.2 Å². The zero-order chi connectivity index (χ0) is 20.8. The fraction of sp³-hybridized carbons (Fsp3) is 0.208. The molecule has 0 aliphatic carbocycles. The van der Waals surface area contributed by atoms with E-state index >= 15 is 0 Å². The number of urea groups is 1. The monoisotopic (exact) mass is 399 g/mol. The Labute approximate surface area is 175 Å². The molecule has 0 saturated heterocycles. The number of amides is 2. The van der Waals surface area contributed by atoms with Crippen LogP contribution in [0.1, 0.15) is 30.9 Å². The maximum atomic E-state index is 12.0. The summed E-state index contributed by atoms with van der Waals surface area (Å²) in [5.41, 5.74) is 6.01. The van der Waals surface area contributed by atoms with Gasteiger partial charge in [-0.3, -0.25) is 4.98 Å². The molecule has 3 aromatic heterocycles. The quantitative estimate of drug-likeness (QED) is 0.376. The van der Waals surface area contributed by atoms with Gasteiger partial charge in [-0.15, -0.1) is 0 Å². The molecule has 3 heterocycles.